The molecule has 0 radical (unpaired) electrons. The molecule has 23 heavy (non-hydrogen) atoms. The number of carbonyl (C=O) groups is 1. The molecule has 4 nitrogen and oxygen atoms in total. The zero-order valence-corrected chi connectivity index (χ0v) is 12.7. The van der Waals surface area contributed by atoms with Crippen molar-refractivity contribution < 1.29 is 14.3 Å². The van der Waals surface area contributed by atoms with Crippen LogP contribution >= 0.6 is 0 Å². The molecule has 0 atom stereocenters. The molecule has 0 fully saturated rings. The Labute approximate surface area is 133 Å². The molecular weight excluding hydrogens is 290 g/mol. The Morgan fingerprint density at radius 2 is 1.83 bits per heavy atom. The Balaban J connectivity index is 1.68. The zero-order chi connectivity index (χ0) is 15.8. The lowest BCUT2D eigenvalue weighted by Gasteiger charge is -2.28. The van der Waals surface area contributed by atoms with Crippen molar-refractivity contribution in [3.63, 3.8) is 0 Å². The molecular formula is C19H17NO3. The summed E-state index contributed by atoms with van der Waals surface area (Å²) >= 11 is 0. The van der Waals surface area contributed by atoms with Crippen LogP contribution in [0.15, 0.2) is 52.9 Å². The van der Waals surface area contributed by atoms with E-state index in [0.29, 0.717) is 12.1 Å². The van der Waals surface area contributed by atoms with Crippen LogP contribution in [0.1, 0.15) is 27.2 Å². The molecule has 0 aliphatic carbocycles. The van der Waals surface area contributed by atoms with Gasteiger partial charge in [0.2, 0.25) is 5.76 Å². The molecule has 0 saturated carbocycles. The van der Waals surface area contributed by atoms with E-state index >= 15 is 0 Å². The summed E-state index contributed by atoms with van der Waals surface area (Å²) in [4.78, 5) is 13.8. The number of hydrogen-bond acceptors (Lipinski definition) is 3. The fraction of sp³-hybridized carbons (Fsp3) is 0.211. The van der Waals surface area contributed by atoms with E-state index in [1.165, 1.54) is 11.1 Å². The van der Waals surface area contributed by atoms with Crippen molar-refractivity contribution >= 4 is 16.9 Å². The van der Waals surface area contributed by atoms with E-state index in [4.69, 9.17) is 4.42 Å². The summed E-state index contributed by atoms with van der Waals surface area (Å²) in [6, 6.07) is 16.0. The van der Waals surface area contributed by atoms with Crippen molar-refractivity contribution in [1.29, 1.82) is 0 Å². The van der Waals surface area contributed by atoms with E-state index in [1.807, 2.05) is 24.3 Å². The molecule has 1 aliphatic heterocycles. The van der Waals surface area contributed by atoms with Gasteiger partial charge in [-0.3, -0.25) is 4.90 Å². The monoisotopic (exact) mass is 307 g/mol. The predicted molar refractivity (Wildman–Crippen MR) is 87.4 cm³/mol. The van der Waals surface area contributed by atoms with E-state index < -0.39 is 5.97 Å². The van der Waals surface area contributed by atoms with Crippen LogP contribution in [0.5, 0.6) is 0 Å². The van der Waals surface area contributed by atoms with Crippen molar-refractivity contribution in [3.8, 4) is 0 Å². The summed E-state index contributed by atoms with van der Waals surface area (Å²) in [5.74, 6) is -0.946. The second-order valence-electron chi connectivity index (χ2n) is 5.94. The summed E-state index contributed by atoms with van der Waals surface area (Å²) in [7, 11) is 0. The molecule has 4 rings (SSSR count). The van der Waals surface area contributed by atoms with E-state index in [-0.39, 0.29) is 5.76 Å². The molecule has 0 saturated heterocycles. The maximum atomic E-state index is 11.5. The first-order valence-corrected chi connectivity index (χ1v) is 7.75. The van der Waals surface area contributed by atoms with Gasteiger partial charge in [0.25, 0.3) is 0 Å². The fourth-order valence-corrected chi connectivity index (χ4v) is 3.34. The maximum absolute atomic E-state index is 11.5. The lowest BCUT2D eigenvalue weighted by atomic mass is 9.99. The van der Waals surface area contributed by atoms with E-state index in [2.05, 4.69) is 29.2 Å². The summed E-state index contributed by atoms with van der Waals surface area (Å²) in [5, 5.41) is 10.3. The van der Waals surface area contributed by atoms with Crippen molar-refractivity contribution in [1.82, 2.24) is 4.90 Å². The van der Waals surface area contributed by atoms with Gasteiger partial charge < -0.3 is 9.52 Å². The Morgan fingerprint density at radius 3 is 2.65 bits per heavy atom. The predicted octanol–water partition coefficient (Wildman–Crippen LogP) is 3.69. The average Bonchev–Trinajstić information content (AvgIpc) is 2.94. The van der Waals surface area contributed by atoms with Gasteiger partial charge in [0.1, 0.15) is 5.58 Å². The zero-order valence-electron chi connectivity index (χ0n) is 12.7. The number of carboxylic acids is 1. The minimum Gasteiger partial charge on any atom is -0.475 e. The molecule has 2 aromatic carbocycles. The second-order valence-corrected chi connectivity index (χ2v) is 5.94. The molecule has 2 heterocycles. The van der Waals surface area contributed by atoms with Gasteiger partial charge in [-0.25, -0.2) is 4.79 Å². The van der Waals surface area contributed by atoms with Crippen LogP contribution in [0.3, 0.4) is 0 Å². The van der Waals surface area contributed by atoms with Crippen molar-refractivity contribution in [3.05, 3.63) is 71.0 Å². The van der Waals surface area contributed by atoms with E-state index in [1.54, 1.807) is 0 Å². The van der Waals surface area contributed by atoms with Gasteiger partial charge in [-0.1, -0.05) is 42.5 Å². The SMILES string of the molecule is O=C(O)c1oc2ccccc2c1CN1CCc2ccccc2C1. The standard InChI is InChI=1S/C19H17NO3/c21-19(22)18-16(15-7-3-4-8-17(15)23-18)12-20-10-9-13-5-1-2-6-14(13)11-20/h1-8H,9-12H2,(H,21,22). The topological polar surface area (TPSA) is 53.7 Å². The van der Waals surface area contributed by atoms with Crippen LogP contribution in [0.4, 0.5) is 0 Å². The number of para-hydroxylation sites is 1. The third kappa shape index (κ3) is 2.51. The number of nitrogens with zero attached hydrogens (tertiary/aromatic N) is 1. The van der Waals surface area contributed by atoms with Gasteiger partial charge in [-0.05, 0) is 23.6 Å². The van der Waals surface area contributed by atoms with E-state index in [0.717, 1.165) is 30.5 Å². The molecule has 1 aromatic heterocycles. The van der Waals surface area contributed by atoms with Crippen LogP contribution in [0, 0.1) is 0 Å². The number of furan rings is 1. The number of fused-ring (bicyclic) bond motifs is 2. The lowest BCUT2D eigenvalue weighted by Crippen LogP contribution is -2.30. The molecule has 4 heteroatoms. The van der Waals surface area contributed by atoms with E-state index in [9.17, 15) is 9.90 Å². The molecule has 1 aliphatic rings. The number of hydrogen-bond donors (Lipinski definition) is 1. The third-order valence-corrected chi connectivity index (χ3v) is 4.48. The summed E-state index contributed by atoms with van der Waals surface area (Å²) in [6.45, 7) is 2.36. The fourth-order valence-electron chi connectivity index (χ4n) is 3.34. The smallest absolute Gasteiger partial charge is 0.372 e. The van der Waals surface area contributed by atoms with Gasteiger partial charge in [-0.2, -0.15) is 0 Å². The number of rotatable bonds is 3. The third-order valence-electron chi connectivity index (χ3n) is 4.48. The summed E-state index contributed by atoms with van der Waals surface area (Å²) in [6.07, 6.45) is 0.994. The van der Waals surface area contributed by atoms with Crippen LogP contribution in [-0.4, -0.2) is 22.5 Å². The van der Waals surface area contributed by atoms with Crippen molar-refractivity contribution in [2.45, 2.75) is 19.5 Å². The van der Waals surface area contributed by atoms with Crippen LogP contribution in [0.25, 0.3) is 11.0 Å². The molecule has 0 spiro atoms. The Morgan fingerprint density at radius 1 is 1.09 bits per heavy atom. The highest BCUT2D eigenvalue weighted by Gasteiger charge is 2.23. The molecule has 0 bridgehead atoms. The first kappa shape index (κ1) is 14.0. The first-order chi connectivity index (χ1) is 11.2. The average molecular weight is 307 g/mol. The first-order valence-electron chi connectivity index (χ1n) is 7.75. The lowest BCUT2D eigenvalue weighted by molar-refractivity contribution is 0.0661. The Hall–Kier alpha value is -2.59. The minimum atomic E-state index is -1.01. The van der Waals surface area contributed by atoms with Crippen molar-refractivity contribution in [2.75, 3.05) is 6.54 Å². The van der Waals surface area contributed by atoms with Crippen molar-refractivity contribution in [2.24, 2.45) is 0 Å². The highest BCUT2D eigenvalue weighted by atomic mass is 16.4. The number of benzene rings is 2. The number of aromatic carboxylic acids is 1. The van der Waals surface area contributed by atoms with Crippen LogP contribution < -0.4 is 0 Å². The molecule has 116 valence electrons. The van der Waals surface area contributed by atoms with Crippen LogP contribution in [-0.2, 0) is 19.5 Å². The van der Waals surface area contributed by atoms with Crippen LogP contribution in [0.2, 0.25) is 0 Å². The Bertz CT molecular complexity index is 881. The van der Waals surface area contributed by atoms with Gasteiger partial charge >= 0.3 is 5.97 Å². The molecule has 0 amide bonds. The van der Waals surface area contributed by atoms with Gasteiger partial charge in [0.05, 0.1) is 0 Å². The van der Waals surface area contributed by atoms with Gasteiger partial charge in [-0.15, -0.1) is 0 Å². The molecule has 3 aromatic rings. The number of carboxylic acid groups (broad SMARTS) is 1. The quantitative estimate of drug-likeness (QED) is 0.802. The highest BCUT2D eigenvalue weighted by molar-refractivity contribution is 5.95. The summed E-state index contributed by atoms with van der Waals surface area (Å²) < 4.78 is 5.55. The molecule has 0 unspecified atom stereocenters. The second kappa shape index (κ2) is 5.56. The van der Waals surface area contributed by atoms with Gasteiger partial charge in [0.15, 0.2) is 0 Å². The highest BCUT2D eigenvalue weighted by Crippen LogP contribution is 2.29. The summed E-state index contributed by atoms with van der Waals surface area (Å²) in [5.41, 5.74) is 4.12. The normalized spacial score (nSPS) is 14.8. The largest absolute Gasteiger partial charge is 0.475 e. The minimum absolute atomic E-state index is 0.0602. The molecule has 1 N–H and O–H groups in total. The maximum Gasteiger partial charge on any atom is 0.372 e. The van der Waals surface area contributed by atoms with Gasteiger partial charge in [0, 0.05) is 30.6 Å². The Kier molecular flexibility index (Phi) is 3.39.